The molecule has 7 nitrogen and oxygen atoms in total. The van der Waals surface area contributed by atoms with Gasteiger partial charge in [0.05, 0.1) is 11.4 Å². The van der Waals surface area contributed by atoms with E-state index in [1.54, 1.807) is 18.3 Å². The van der Waals surface area contributed by atoms with E-state index in [1.807, 2.05) is 24.3 Å². The van der Waals surface area contributed by atoms with Crippen LogP contribution in [0.1, 0.15) is 20.3 Å². The van der Waals surface area contributed by atoms with E-state index in [0.717, 1.165) is 30.9 Å². The Balaban J connectivity index is 1.58. The van der Waals surface area contributed by atoms with E-state index in [4.69, 9.17) is 11.5 Å². The number of allylic oxidation sites excluding steroid dienone is 4. The van der Waals surface area contributed by atoms with Crippen LogP contribution in [0.2, 0.25) is 0 Å². The third kappa shape index (κ3) is 3.70. The fourth-order valence-corrected chi connectivity index (χ4v) is 4.27. The number of fused-ring (bicyclic) bond motifs is 2. The molecular weight excluding hydrogens is 376 g/mol. The van der Waals surface area contributed by atoms with E-state index in [1.165, 1.54) is 5.57 Å². The first-order chi connectivity index (χ1) is 14.5. The number of phenolic OH excluding ortho intramolecular Hbond substituents is 1. The van der Waals surface area contributed by atoms with Gasteiger partial charge in [-0.25, -0.2) is 0 Å². The Morgan fingerprint density at radius 1 is 1.13 bits per heavy atom. The summed E-state index contributed by atoms with van der Waals surface area (Å²) in [5.74, 6) is 0.585. The number of nitrogens with zero attached hydrogens (tertiary/aromatic N) is 4. The minimum Gasteiger partial charge on any atom is -0.507 e. The van der Waals surface area contributed by atoms with Gasteiger partial charge in [-0.05, 0) is 56.8 Å². The molecule has 3 fully saturated rings. The molecule has 0 saturated carbocycles. The van der Waals surface area contributed by atoms with Gasteiger partial charge in [-0.1, -0.05) is 23.8 Å². The lowest BCUT2D eigenvalue weighted by Crippen LogP contribution is -2.68. The molecule has 3 aliphatic rings. The number of anilines is 2. The van der Waals surface area contributed by atoms with E-state index in [-0.39, 0.29) is 5.75 Å². The molecule has 2 bridgehead atoms. The molecule has 156 valence electrons. The second kappa shape index (κ2) is 8.10. The number of hydrogen-bond donors (Lipinski definition) is 3. The molecule has 5 N–H and O–H groups in total. The zero-order valence-corrected chi connectivity index (χ0v) is 17.4. The molecule has 1 aromatic heterocycles. The van der Waals surface area contributed by atoms with Crippen molar-refractivity contribution in [2.24, 2.45) is 5.73 Å². The first-order valence-corrected chi connectivity index (χ1v) is 10.2. The SMILES string of the molecule is CC(C)=C/C=C(\C=C/N)N1C2CC1CN(c1cc(-c3ccccc3O)nnc1N)C2. The second-order valence-corrected chi connectivity index (χ2v) is 8.07. The summed E-state index contributed by atoms with van der Waals surface area (Å²) in [6.45, 7) is 5.86. The molecule has 2 aromatic rings. The van der Waals surface area contributed by atoms with Gasteiger partial charge in [0, 0.05) is 36.4 Å². The van der Waals surface area contributed by atoms with Gasteiger partial charge in [0.2, 0.25) is 0 Å². The van der Waals surface area contributed by atoms with Crippen LogP contribution in [-0.4, -0.2) is 45.4 Å². The Bertz CT molecular complexity index is 1010. The largest absolute Gasteiger partial charge is 0.507 e. The van der Waals surface area contributed by atoms with Crippen molar-refractivity contribution in [2.75, 3.05) is 23.7 Å². The van der Waals surface area contributed by atoms with E-state index in [0.29, 0.717) is 29.2 Å². The van der Waals surface area contributed by atoms with Crippen molar-refractivity contribution in [3.05, 3.63) is 66.0 Å². The molecule has 2 atom stereocenters. The normalized spacial score (nSPS) is 20.9. The first kappa shape index (κ1) is 19.8. The van der Waals surface area contributed by atoms with Gasteiger partial charge in [0.15, 0.2) is 5.82 Å². The molecule has 4 heterocycles. The van der Waals surface area contributed by atoms with E-state index in [2.05, 4.69) is 46.0 Å². The number of nitrogens with two attached hydrogens (primary N) is 2. The number of benzene rings is 1. The number of aromatic hydroxyl groups is 1. The van der Waals surface area contributed by atoms with Gasteiger partial charge in [0.25, 0.3) is 0 Å². The van der Waals surface area contributed by atoms with Crippen molar-refractivity contribution in [3.8, 4) is 17.0 Å². The van der Waals surface area contributed by atoms with Crippen molar-refractivity contribution in [3.63, 3.8) is 0 Å². The third-order valence-electron chi connectivity index (χ3n) is 5.67. The van der Waals surface area contributed by atoms with Gasteiger partial charge in [0.1, 0.15) is 5.75 Å². The smallest absolute Gasteiger partial charge is 0.169 e. The minimum atomic E-state index is 0.179. The molecule has 0 amide bonds. The molecule has 0 spiro atoms. The fraction of sp³-hybridized carbons (Fsp3) is 0.304. The monoisotopic (exact) mass is 404 g/mol. The lowest BCUT2D eigenvalue weighted by atomic mass is 9.86. The van der Waals surface area contributed by atoms with Crippen LogP contribution in [0.3, 0.4) is 0 Å². The zero-order valence-electron chi connectivity index (χ0n) is 17.4. The average Bonchev–Trinajstić information content (AvgIpc) is 2.73. The van der Waals surface area contributed by atoms with Crippen molar-refractivity contribution in [1.82, 2.24) is 15.1 Å². The first-order valence-electron chi connectivity index (χ1n) is 10.2. The lowest BCUT2D eigenvalue weighted by molar-refractivity contribution is 0.0390. The Kier molecular flexibility index (Phi) is 5.35. The number of rotatable bonds is 5. The van der Waals surface area contributed by atoms with Crippen molar-refractivity contribution in [1.29, 1.82) is 0 Å². The van der Waals surface area contributed by atoms with Crippen LogP contribution >= 0.6 is 0 Å². The molecule has 3 saturated heterocycles. The molecule has 7 heteroatoms. The van der Waals surface area contributed by atoms with Gasteiger partial charge >= 0.3 is 0 Å². The van der Waals surface area contributed by atoms with Crippen LogP contribution < -0.4 is 16.4 Å². The van der Waals surface area contributed by atoms with Crippen LogP contribution in [0.25, 0.3) is 11.3 Å². The molecule has 0 aliphatic carbocycles. The predicted molar refractivity (Wildman–Crippen MR) is 121 cm³/mol. The van der Waals surface area contributed by atoms with Crippen molar-refractivity contribution >= 4 is 11.5 Å². The number of nitrogen functional groups attached to an aromatic ring is 1. The van der Waals surface area contributed by atoms with Crippen LogP contribution in [0.4, 0.5) is 11.5 Å². The van der Waals surface area contributed by atoms with Crippen LogP contribution in [0.15, 0.2) is 66.0 Å². The number of piperidine rings is 1. The molecule has 2 unspecified atom stereocenters. The summed E-state index contributed by atoms with van der Waals surface area (Å²) in [6.07, 6.45) is 8.95. The summed E-state index contributed by atoms with van der Waals surface area (Å²) in [6, 6.07) is 9.82. The Morgan fingerprint density at radius 2 is 1.87 bits per heavy atom. The molecule has 0 radical (unpaired) electrons. The predicted octanol–water partition coefficient (Wildman–Crippen LogP) is 3.02. The Morgan fingerprint density at radius 3 is 2.53 bits per heavy atom. The molecule has 5 rings (SSSR count). The quantitative estimate of drug-likeness (QED) is 0.658. The lowest BCUT2D eigenvalue weighted by Gasteiger charge is -2.58. The highest BCUT2D eigenvalue weighted by Crippen LogP contribution is 2.40. The topological polar surface area (TPSA) is 105 Å². The van der Waals surface area contributed by atoms with Gasteiger partial charge in [-0.3, -0.25) is 0 Å². The number of piperazine rings is 1. The summed E-state index contributed by atoms with van der Waals surface area (Å²) in [4.78, 5) is 4.71. The van der Waals surface area contributed by atoms with Crippen molar-refractivity contribution in [2.45, 2.75) is 32.4 Å². The number of aromatic nitrogens is 2. The van der Waals surface area contributed by atoms with E-state index >= 15 is 0 Å². The Hall–Kier alpha value is -3.48. The maximum absolute atomic E-state index is 10.2. The van der Waals surface area contributed by atoms with E-state index in [9.17, 15) is 5.11 Å². The average molecular weight is 405 g/mol. The third-order valence-corrected chi connectivity index (χ3v) is 5.67. The van der Waals surface area contributed by atoms with Crippen LogP contribution in [0.5, 0.6) is 5.75 Å². The van der Waals surface area contributed by atoms with E-state index < -0.39 is 0 Å². The highest BCUT2D eigenvalue weighted by molar-refractivity contribution is 5.74. The van der Waals surface area contributed by atoms with Crippen LogP contribution in [0, 0.1) is 0 Å². The summed E-state index contributed by atoms with van der Waals surface area (Å²) in [7, 11) is 0. The molecule has 3 aliphatic heterocycles. The highest BCUT2D eigenvalue weighted by atomic mass is 16.3. The second-order valence-electron chi connectivity index (χ2n) is 8.07. The summed E-state index contributed by atoms with van der Waals surface area (Å²) >= 11 is 0. The summed E-state index contributed by atoms with van der Waals surface area (Å²) in [5.41, 5.74) is 16.4. The molecule has 1 aromatic carbocycles. The van der Waals surface area contributed by atoms with Crippen LogP contribution in [-0.2, 0) is 0 Å². The molecular formula is C23H28N6O. The maximum atomic E-state index is 10.2. The zero-order chi connectivity index (χ0) is 21.3. The minimum absolute atomic E-state index is 0.179. The van der Waals surface area contributed by atoms with Crippen molar-refractivity contribution < 1.29 is 5.11 Å². The number of para-hydroxylation sites is 1. The maximum Gasteiger partial charge on any atom is 0.169 e. The Labute approximate surface area is 177 Å². The highest BCUT2D eigenvalue weighted by Gasteiger charge is 2.45. The summed E-state index contributed by atoms with van der Waals surface area (Å²) in [5, 5.41) is 18.5. The number of phenols is 1. The molecule has 30 heavy (non-hydrogen) atoms. The standard InChI is InChI=1S/C23H28N6O/c1-15(2)7-8-16(9-10-24)29-17-11-18(29)14-28(13-17)21-12-20(26-27-23(21)25)19-5-3-4-6-22(19)30/h3-10,12,17-18,30H,11,13-14,24H2,1-2H3,(H2,25,27)/b10-9-,16-8+. The van der Waals surface area contributed by atoms with Gasteiger partial charge in [-0.15, -0.1) is 10.2 Å². The fourth-order valence-electron chi connectivity index (χ4n) is 4.27. The summed E-state index contributed by atoms with van der Waals surface area (Å²) < 4.78 is 0. The van der Waals surface area contributed by atoms with Gasteiger partial charge in [-0.2, -0.15) is 0 Å². The number of hydrogen-bond acceptors (Lipinski definition) is 7. The van der Waals surface area contributed by atoms with Gasteiger partial charge < -0.3 is 26.4 Å².